The predicted octanol–water partition coefficient (Wildman–Crippen LogP) is 4.59. The fourth-order valence-corrected chi connectivity index (χ4v) is 3.13. The highest BCUT2D eigenvalue weighted by Crippen LogP contribution is 2.23. The number of carbonyl (C=O) groups is 2. The minimum Gasteiger partial charge on any atom is -0.456 e. The highest BCUT2D eigenvalue weighted by atomic mass is 16.5. The molecule has 0 unspecified atom stereocenters. The number of aryl methyl sites for hydroxylation is 1. The molecule has 30 heavy (non-hydrogen) atoms. The van der Waals surface area contributed by atoms with E-state index in [1.807, 2.05) is 60.1 Å². The molecule has 0 fully saturated rings. The van der Waals surface area contributed by atoms with Crippen LogP contribution < -0.4 is 4.74 Å². The summed E-state index contributed by atoms with van der Waals surface area (Å²) in [5, 5.41) is 0. The molecule has 6 heteroatoms. The third-order valence-corrected chi connectivity index (χ3v) is 4.57. The van der Waals surface area contributed by atoms with E-state index in [9.17, 15) is 9.59 Å². The number of fused-ring (bicyclic) bond motifs is 1. The van der Waals surface area contributed by atoms with Gasteiger partial charge in [-0.2, -0.15) is 0 Å². The zero-order valence-corrected chi connectivity index (χ0v) is 16.7. The van der Waals surface area contributed by atoms with Crippen LogP contribution in [-0.2, 0) is 16.1 Å². The van der Waals surface area contributed by atoms with Crippen LogP contribution >= 0.6 is 0 Å². The van der Waals surface area contributed by atoms with Gasteiger partial charge in [-0.3, -0.25) is 4.79 Å². The number of esters is 2. The number of hydrogen-bond acceptors (Lipinski definition) is 5. The minimum absolute atomic E-state index is 0.110. The molecule has 150 valence electrons. The van der Waals surface area contributed by atoms with Crippen LogP contribution in [0.1, 0.15) is 28.5 Å². The molecule has 0 aliphatic rings. The Bertz CT molecular complexity index is 1210. The first-order valence-electron chi connectivity index (χ1n) is 9.48. The van der Waals surface area contributed by atoms with E-state index in [0.717, 1.165) is 22.3 Å². The topological polar surface area (TPSA) is 69.9 Å². The number of hydrogen-bond donors (Lipinski definition) is 0. The summed E-state index contributed by atoms with van der Waals surface area (Å²) in [5.41, 5.74) is 5.00. The van der Waals surface area contributed by atoms with E-state index in [4.69, 9.17) is 9.47 Å². The third-order valence-electron chi connectivity index (χ3n) is 4.57. The summed E-state index contributed by atoms with van der Waals surface area (Å²) in [6.45, 7) is 3.48. The molecule has 0 bridgehead atoms. The van der Waals surface area contributed by atoms with Crippen LogP contribution in [0.5, 0.6) is 5.75 Å². The molecule has 4 aromatic rings. The zero-order valence-electron chi connectivity index (χ0n) is 16.7. The second kappa shape index (κ2) is 8.21. The minimum atomic E-state index is -0.403. The number of benzene rings is 2. The normalized spacial score (nSPS) is 10.7. The summed E-state index contributed by atoms with van der Waals surface area (Å²) in [5.74, 6) is -0.266. The maximum atomic E-state index is 12.4. The molecule has 0 amide bonds. The van der Waals surface area contributed by atoms with E-state index in [2.05, 4.69) is 4.98 Å². The van der Waals surface area contributed by atoms with Crippen molar-refractivity contribution >= 4 is 17.6 Å². The monoisotopic (exact) mass is 400 g/mol. The lowest BCUT2D eigenvalue weighted by Gasteiger charge is -2.06. The Labute approximate surface area is 173 Å². The summed E-state index contributed by atoms with van der Waals surface area (Å²) >= 11 is 0. The van der Waals surface area contributed by atoms with E-state index in [1.165, 1.54) is 6.92 Å². The van der Waals surface area contributed by atoms with Gasteiger partial charge in [0.05, 0.1) is 11.3 Å². The summed E-state index contributed by atoms with van der Waals surface area (Å²) in [6.07, 6.45) is 3.84. The molecule has 0 aliphatic heterocycles. The number of pyridine rings is 1. The van der Waals surface area contributed by atoms with E-state index in [1.54, 1.807) is 24.3 Å². The van der Waals surface area contributed by atoms with Crippen LogP contribution in [0.2, 0.25) is 0 Å². The van der Waals surface area contributed by atoms with Crippen LogP contribution in [0.4, 0.5) is 0 Å². The zero-order chi connectivity index (χ0) is 21.1. The first-order chi connectivity index (χ1) is 14.5. The van der Waals surface area contributed by atoms with E-state index in [0.29, 0.717) is 17.0 Å². The second-order valence-electron chi connectivity index (χ2n) is 6.98. The van der Waals surface area contributed by atoms with E-state index in [-0.39, 0.29) is 12.6 Å². The summed E-state index contributed by atoms with van der Waals surface area (Å²) in [4.78, 5) is 27.8. The predicted molar refractivity (Wildman–Crippen MR) is 112 cm³/mol. The van der Waals surface area contributed by atoms with Crippen LogP contribution in [0.3, 0.4) is 0 Å². The molecular formula is C24H20N2O4. The summed E-state index contributed by atoms with van der Waals surface area (Å²) in [6, 6.07) is 18.3. The van der Waals surface area contributed by atoms with Crippen molar-refractivity contribution in [1.29, 1.82) is 0 Å². The average Bonchev–Trinajstić information content (AvgIpc) is 3.14. The van der Waals surface area contributed by atoms with Crippen molar-refractivity contribution in [3.8, 4) is 16.9 Å². The maximum absolute atomic E-state index is 12.4. The fourth-order valence-electron chi connectivity index (χ4n) is 3.13. The summed E-state index contributed by atoms with van der Waals surface area (Å²) < 4.78 is 12.4. The molecule has 0 atom stereocenters. The van der Waals surface area contributed by atoms with Crippen molar-refractivity contribution < 1.29 is 19.1 Å². The summed E-state index contributed by atoms with van der Waals surface area (Å²) in [7, 11) is 0. The lowest BCUT2D eigenvalue weighted by molar-refractivity contribution is -0.131. The highest BCUT2D eigenvalue weighted by molar-refractivity contribution is 5.90. The maximum Gasteiger partial charge on any atom is 0.338 e. The Kier molecular flexibility index (Phi) is 5.30. The number of carbonyl (C=O) groups excluding carboxylic acids is 2. The third kappa shape index (κ3) is 4.38. The lowest BCUT2D eigenvalue weighted by atomic mass is 10.0. The highest BCUT2D eigenvalue weighted by Gasteiger charge is 2.10. The number of nitrogens with zero attached hydrogens (tertiary/aromatic N) is 2. The van der Waals surface area contributed by atoms with Crippen LogP contribution in [0, 0.1) is 6.92 Å². The van der Waals surface area contributed by atoms with Gasteiger partial charge in [-0.25, -0.2) is 9.78 Å². The molecule has 0 saturated carbocycles. The fraction of sp³-hybridized carbons (Fsp3) is 0.125. The van der Waals surface area contributed by atoms with Gasteiger partial charge < -0.3 is 13.9 Å². The van der Waals surface area contributed by atoms with E-state index >= 15 is 0 Å². The molecule has 2 aromatic carbocycles. The van der Waals surface area contributed by atoms with Gasteiger partial charge in [-0.15, -0.1) is 0 Å². The van der Waals surface area contributed by atoms with Crippen molar-refractivity contribution in [3.63, 3.8) is 0 Å². The Morgan fingerprint density at radius 2 is 1.57 bits per heavy atom. The number of rotatable bonds is 5. The van der Waals surface area contributed by atoms with Gasteiger partial charge in [0, 0.05) is 19.3 Å². The van der Waals surface area contributed by atoms with Crippen molar-refractivity contribution in [2.45, 2.75) is 20.5 Å². The Morgan fingerprint density at radius 3 is 2.23 bits per heavy atom. The number of aromatic nitrogens is 2. The largest absolute Gasteiger partial charge is 0.456 e. The first kappa shape index (κ1) is 19.4. The average molecular weight is 400 g/mol. The molecule has 0 aliphatic carbocycles. The molecular weight excluding hydrogens is 380 g/mol. The van der Waals surface area contributed by atoms with Crippen molar-refractivity contribution in [2.24, 2.45) is 0 Å². The van der Waals surface area contributed by atoms with Gasteiger partial charge in [-0.05, 0) is 53.9 Å². The van der Waals surface area contributed by atoms with E-state index < -0.39 is 5.97 Å². The molecule has 2 heterocycles. The lowest BCUT2D eigenvalue weighted by Crippen LogP contribution is -2.05. The van der Waals surface area contributed by atoms with Crippen LogP contribution in [0.25, 0.3) is 16.8 Å². The van der Waals surface area contributed by atoms with Gasteiger partial charge in [0.15, 0.2) is 0 Å². The quantitative estimate of drug-likeness (QED) is 0.362. The number of ether oxygens (including phenoxy) is 2. The van der Waals surface area contributed by atoms with Gasteiger partial charge in [0.2, 0.25) is 0 Å². The second-order valence-corrected chi connectivity index (χ2v) is 6.98. The standard InChI is InChI=1S/C24H20N2O4/c1-16-3-12-23-25-21(14-26(23)13-16)15-29-24(28)20-6-4-18(5-7-20)19-8-10-22(11-9-19)30-17(2)27/h3-14H,15H2,1-2H3. The SMILES string of the molecule is CC(=O)Oc1ccc(-c2ccc(C(=O)OCc3cn4cc(C)ccc4n3)cc2)cc1. The van der Waals surface area contributed by atoms with Gasteiger partial charge in [-0.1, -0.05) is 30.3 Å². The molecule has 6 nitrogen and oxygen atoms in total. The Morgan fingerprint density at radius 1 is 0.900 bits per heavy atom. The molecule has 0 saturated heterocycles. The van der Waals surface area contributed by atoms with Crippen LogP contribution in [0.15, 0.2) is 73.1 Å². The van der Waals surface area contributed by atoms with Crippen LogP contribution in [-0.4, -0.2) is 21.3 Å². The molecule has 0 spiro atoms. The Balaban J connectivity index is 1.40. The molecule has 4 rings (SSSR count). The molecule has 2 aromatic heterocycles. The smallest absolute Gasteiger partial charge is 0.338 e. The van der Waals surface area contributed by atoms with Gasteiger partial charge in [0.1, 0.15) is 18.0 Å². The van der Waals surface area contributed by atoms with Gasteiger partial charge >= 0.3 is 11.9 Å². The molecule has 0 radical (unpaired) electrons. The van der Waals surface area contributed by atoms with Gasteiger partial charge in [0.25, 0.3) is 0 Å². The first-order valence-corrected chi connectivity index (χ1v) is 9.48. The Hall–Kier alpha value is -3.93. The van der Waals surface area contributed by atoms with Crippen molar-refractivity contribution in [1.82, 2.24) is 9.38 Å². The van der Waals surface area contributed by atoms with Crippen molar-refractivity contribution in [3.05, 3.63) is 89.9 Å². The molecule has 0 N–H and O–H groups in total. The number of imidazole rings is 1. The van der Waals surface area contributed by atoms with Crippen molar-refractivity contribution in [2.75, 3.05) is 0 Å².